The number of amides is 1. The van der Waals surface area contributed by atoms with Gasteiger partial charge in [-0.15, -0.1) is 0 Å². The van der Waals surface area contributed by atoms with Crippen molar-refractivity contribution in [3.05, 3.63) is 58.0 Å². The molecule has 0 bridgehead atoms. The number of nitrogens with zero attached hydrogens (tertiary/aromatic N) is 4. The zero-order valence-electron chi connectivity index (χ0n) is 15.1. The van der Waals surface area contributed by atoms with E-state index in [0.717, 1.165) is 38.0 Å². The van der Waals surface area contributed by atoms with Gasteiger partial charge >= 0.3 is 0 Å². The number of aromatic nitrogens is 2. The summed E-state index contributed by atoms with van der Waals surface area (Å²) in [4.78, 5) is 29.1. The maximum atomic E-state index is 13.1. The average molecular weight is 352 g/mol. The number of carbonyl (C=O) groups is 1. The summed E-state index contributed by atoms with van der Waals surface area (Å²) in [5.74, 6) is 0.221. The Morgan fingerprint density at radius 1 is 1.19 bits per heavy atom. The summed E-state index contributed by atoms with van der Waals surface area (Å²) >= 11 is 0. The molecule has 4 rings (SSSR count). The Bertz CT molecular complexity index is 876. The number of hydrogen-bond acceptors (Lipinski definition) is 4. The standard InChI is InChI=1S/C20H24N4O2/c1-22-19(25)11-18(12-21-22)23-9-4-7-17(14-23)20(26)24-10-8-15-5-2-3-6-16(15)13-24/h2-3,5-6,11-12,17H,4,7-10,13-14H2,1H3. The number of carbonyl (C=O) groups excluding carboxylic acids is 1. The second-order valence-electron chi connectivity index (χ2n) is 7.24. The lowest BCUT2D eigenvalue weighted by Gasteiger charge is -2.37. The molecule has 1 unspecified atom stereocenters. The highest BCUT2D eigenvalue weighted by molar-refractivity contribution is 5.80. The lowest BCUT2D eigenvalue weighted by molar-refractivity contribution is -0.136. The maximum Gasteiger partial charge on any atom is 0.268 e. The van der Waals surface area contributed by atoms with E-state index in [2.05, 4.69) is 28.2 Å². The van der Waals surface area contributed by atoms with Crippen molar-refractivity contribution >= 4 is 11.6 Å². The van der Waals surface area contributed by atoms with E-state index in [4.69, 9.17) is 0 Å². The Labute approximate surface area is 153 Å². The van der Waals surface area contributed by atoms with Gasteiger partial charge in [-0.3, -0.25) is 9.59 Å². The molecule has 2 aliphatic rings. The number of aryl methyl sites for hydroxylation is 1. The third-order valence-electron chi connectivity index (χ3n) is 5.53. The molecule has 2 aliphatic heterocycles. The van der Waals surface area contributed by atoms with E-state index < -0.39 is 0 Å². The fourth-order valence-electron chi connectivity index (χ4n) is 3.99. The van der Waals surface area contributed by atoms with Crippen LogP contribution >= 0.6 is 0 Å². The molecule has 0 saturated carbocycles. The van der Waals surface area contributed by atoms with Crippen LogP contribution in [0, 0.1) is 5.92 Å². The van der Waals surface area contributed by atoms with Crippen LogP contribution in [0.3, 0.4) is 0 Å². The summed E-state index contributed by atoms with van der Waals surface area (Å²) in [6.45, 7) is 3.02. The highest BCUT2D eigenvalue weighted by Crippen LogP contribution is 2.26. The van der Waals surface area contributed by atoms with Crippen molar-refractivity contribution in [2.45, 2.75) is 25.8 Å². The first-order valence-corrected chi connectivity index (χ1v) is 9.26. The Hall–Kier alpha value is -2.63. The van der Waals surface area contributed by atoms with Crippen LogP contribution < -0.4 is 10.5 Å². The highest BCUT2D eigenvalue weighted by atomic mass is 16.2. The fraction of sp³-hybridized carbons (Fsp3) is 0.450. The first-order chi connectivity index (χ1) is 12.6. The summed E-state index contributed by atoms with van der Waals surface area (Å²) < 4.78 is 1.32. The van der Waals surface area contributed by atoms with E-state index in [1.807, 2.05) is 11.0 Å². The molecule has 136 valence electrons. The number of hydrogen-bond donors (Lipinski definition) is 0. The quantitative estimate of drug-likeness (QED) is 0.823. The third kappa shape index (κ3) is 3.23. The van der Waals surface area contributed by atoms with Gasteiger partial charge in [0.25, 0.3) is 5.56 Å². The number of rotatable bonds is 2. The van der Waals surface area contributed by atoms with Crippen molar-refractivity contribution in [2.75, 3.05) is 24.5 Å². The molecule has 0 spiro atoms. The van der Waals surface area contributed by atoms with Crippen molar-refractivity contribution < 1.29 is 4.79 Å². The molecule has 6 nitrogen and oxygen atoms in total. The molecule has 1 amide bonds. The van der Waals surface area contributed by atoms with Gasteiger partial charge in [-0.25, -0.2) is 4.68 Å². The summed E-state index contributed by atoms with van der Waals surface area (Å²) in [5, 5.41) is 4.11. The monoisotopic (exact) mass is 352 g/mol. The Balaban J connectivity index is 1.47. The van der Waals surface area contributed by atoms with Crippen molar-refractivity contribution in [3.63, 3.8) is 0 Å². The largest absolute Gasteiger partial charge is 0.369 e. The van der Waals surface area contributed by atoms with Crippen molar-refractivity contribution in [1.82, 2.24) is 14.7 Å². The smallest absolute Gasteiger partial charge is 0.268 e. The van der Waals surface area contributed by atoms with E-state index in [0.29, 0.717) is 13.1 Å². The molecule has 0 aliphatic carbocycles. The van der Waals surface area contributed by atoms with Gasteiger partial charge in [0.1, 0.15) is 0 Å². The van der Waals surface area contributed by atoms with Crippen molar-refractivity contribution in [3.8, 4) is 0 Å². The molecule has 1 aromatic heterocycles. The highest BCUT2D eigenvalue weighted by Gasteiger charge is 2.31. The van der Waals surface area contributed by atoms with Gasteiger partial charge in [-0.05, 0) is 30.4 Å². The van der Waals surface area contributed by atoms with Crippen LogP contribution in [0.2, 0.25) is 0 Å². The zero-order chi connectivity index (χ0) is 18.1. The van der Waals surface area contributed by atoms with Gasteiger partial charge in [-0.1, -0.05) is 24.3 Å². The van der Waals surface area contributed by atoms with Crippen LogP contribution in [0.1, 0.15) is 24.0 Å². The summed E-state index contributed by atoms with van der Waals surface area (Å²) in [6, 6.07) is 9.98. The van der Waals surface area contributed by atoms with E-state index in [-0.39, 0.29) is 17.4 Å². The molecular formula is C20H24N4O2. The molecule has 2 aromatic rings. The molecular weight excluding hydrogens is 328 g/mol. The SMILES string of the molecule is Cn1ncc(N2CCCC(C(=O)N3CCc4ccccc4C3)C2)cc1=O. The molecule has 3 heterocycles. The molecule has 1 aromatic carbocycles. The topological polar surface area (TPSA) is 58.4 Å². The fourth-order valence-corrected chi connectivity index (χ4v) is 3.99. The van der Waals surface area contributed by atoms with E-state index in [1.54, 1.807) is 19.3 Å². The Morgan fingerprint density at radius 3 is 2.81 bits per heavy atom. The Morgan fingerprint density at radius 2 is 2.00 bits per heavy atom. The Kier molecular flexibility index (Phi) is 4.49. The minimum absolute atomic E-state index is 0.0157. The molecule has 6 heteroatoms. The second-order valence-corrected chi connectivity index (χ2v) is 7.24. The van der Waals surface area contributed by atoms with Crippen LogP contribution in [-0.4, -0.2) is 40.2 Å². The first-order valence-electron chi connectivity index (χ1n) is 9.26. The summed E-state index contributed by atoms with van der Waals surface area (Å²) in [6.07, 6.45) is 4.50. The summed E-state index contributed by atoms with van der Waals surface area (Å²) in [5.41, 5.74) is 3.31. The number of anilines is 1. The molecule has 26 heavy (non-hydrogen) atoms. The van der Waals surface area contributed by atoms with Crippen molar-refractivity contribution in [2.24, 2.45) is 13.0 Å². The maximum absolute atomic E-state index is 13.1. The first kappa shape index (κ1) is 16.8. The predicted molar refractivity (Wildman–Crippen MR) is 100.0 cm³/mol. The number of piperidine rings is 1. The van der Waals surface area contributed by atoms with E-state index in [9.17, 15) is 9.59 Å². The average Bonchev–Trinajstić information content (AvgIpc) is 2.69. The normalized spacial score (nSPS) is 20.0. The van der Waals surface area contributed by atoms with E-state index in [1.165, 1.54) is 15.8 Å². The lowest BCUT2D eigenvalue weighted by Crippen LogP contribution is -2.46. The van der Waals surface area contributed by atoms with Crippen molar-refractivity contribution in [1.29, 1.82) is 0 Å². The molecule has 1 saturated heterocycles. The van der Waals surface area contributed by atoms with Crippen LogP contribution in [0.5, 0.6) is 0 Å². The van der Waals surface area contributed by atoms with Gasteiger partial charge in [0.05, 0.1) is 17.8 Å². The number of benzene rings is 1. The van der Waals surface area contributed by atoms with Crippen LogP contribution in [0.25, 0.3) is 0 Å². The van der Waals surface area contributed by atoms with Crippen LogP contribution in [0.15, 0.2) is 41.3 Å². The minimum atomic E-state index is -0.122. The van der Waals surface area contributed by atoms with Gasteiger partial charge in [0, 0.05) is 39.3 Å². The van der Waals surface area contributed by atoms with Gasteiger partial charge in [0.2, 0.25) is 5.91 Å². The van der Waals surface area contributed by atoms with Gasteiger partial charge in [-0.2, -0.15) is 5.10 Å². The predicted octanol–water partition coefficient (Wildman–Crippen LogP) is 1.58. The third-order valence-corrected chi connectivity index (χ3v) is 5.53. The molecule has 1 atom stereocenters. The summed E-state index contributed by atoms with van der Waals surface area (Å²) in [7, 11) is 1.64. The minimum Gasteiger partial charge on any atom is -0.369 e. The zero-order valence-corrected chi connectivity index (χ0v) is 15.1. The van der Waals surface area contributed by atoms with E-state index >= 15 is 0 Å². The van der Waals surface area contributed by atoms with Crippen LogP contribution in [-0.2, 0) is 24.8 Å². The van der Waals surface area contributed by atoms with Gasteiger partial charge < -0.3 is 9.80 Å². The van der Waals surface area contributed by atoms with Gasteiger partial charge in [0.15, 0.2) is 0 Å². The second kappa shape index (κ2) is 6.94. The number of fused-ring (bicyclic) bond motifs is 1. The lowest BCUT2D eigenvalue weighted by atomic mass is 9.93. The molecule has 0 N–H and O–H groups in total. The molecule has 0 radical (unpaired) electrons. The van der Waals surface area contributed by atoms with Crippen LogP contribution in [0.4, 0.5) is 5.69 Å². The molecule has 1 fully saturated rings.